The standard InChI is InChI=1S/C19H23BrO8.BrH/c1-11(21)18(24)16(27-13(3)23)15(28-17(20)19(18,25)12(2)22)10-26-9-14-7-5-4-6-8-14;/h4-8,15-17,24-25H,9-10H2,1-3H3;1H/t15-,16+,17+,18+,19+;/m1./s1. The SMILES string of the molecule is Br.CC(=O)O[C@H]1[C@@H](COCc2ccccc2)O[C@H](Br)[C@@](O)(C(C)=O)[C@]1(O)C(C)=O. The second kappa shape index (κ2) is 10.2. The summed E-state index contributed by atoms with van der Waals surface area (Å²) in [6.45, 7) is 3.11. The average Bonchev–Trinajstić information content (AvgIpc) is 2.63. The lowest BCUT2D eigenvalue weighted by atomic mass is 9.70. The van der Waals surface area contributed by atoms with Crippen LogP contribution in [-0.2, 0) is 35.2 Å². The van der Waals surface area contributed by atoms with Crippen LogP contribution < -0.4 is 0 Å². The normalized spacial score (nSPS) is 31.4. The van der Waals surface area contributed by atoms with Crippen LogP contribution in [0.3, 0.4) is 0 Å². The lowest BCUT2D eigenvalue weighted by molar-refractivity contribution is -0.282. The molecule has 0 amide bonds. The molecule has 1 aliphatic rings. The van der Waals surface area contributed by atoms with Gasteiger partial charge in [-0.25, -0.2) is 0 Å². The molecule has 8 nitrogen and oxygen atoms in total. The first-order valence-electron chi connectivity index (χ1n) is 8.60. The van der Waals surface area contributed by atoms with E-state index in [-0.39, 0.29) is 30.2 Å². The topological polar surface area (TPSA) is 119 Å². The summed E-state index contributed by atoms with van der Waals surface area (Å²) >= 11 is 3.03. The number of rotatable bonds is 7. The van der Waals surface area contributed by atoms with Gasteiger partial charge in [0.1, 0.15) is 6.10 Å². The zero-order valence-electron chi connectivity index (χ0n) is 16.2. The molecule has 29 heavy (non-hydrogen) atoms. The maximum Gasteiger partial charge on any atom is 0.303 e. The van der Waals surface area contributed by atoms with Crippen molar-refractivity contribution >= 4 is 50.4 Å². The molecule has 0 aromatic heterocycles. The summed E-state index contributed by atoms with van der Waals surface area (Å²) in [5.74, 6) is -2.69. The van der Waals surface area contributed by atoms with Crippen LogP contribution in [-0.4, -0.2) is 62.8 Å². The molecule has 0 saturated carbocycles. The van der Waals surface area contributed by atoms with Crippen LogP contribution in [0.15, 0.2) is 30.3 Å². The number of hydrogen-bond acceptors (Lipinski definition) is 8. The molecule has 1 aliphatic heterocycles. The van der Waals surface area contributed by atoms with Gasteiger partial charge in [0.2, 0.25) is 5.60 Å². The van der Waals surface area contributed by atoms with E-state index in [1.165, 1.54) is 0 Å². The van der Waals surface area contributed by atoms with Crippen LogP contribution in [0.2, 0.25) is 0 Å². The van der Waals surface area contributed by atoms with Crippen LogP contribution >= 0.6 is 32.9 Å². The minimum absolute atomic E-state index is 0. The van der Waals surface area contributed by atoms with Crippen molar-refractivity contribution in [3.05, 3.63) is 35.9 Å². The monoisotopic (exact) mass is 538 g/mol. The Labute approximate surface area is 187 Å². The summed E-state index contributed by atoms with van der Waals surface area (Å²) in [4.78, 5) is 36.1. The van der Waals surface area contributed by atoms with Crippen molar-refractivity contribution in [2.75, 3.05) is 6.61 Å². The maximum absolute atomic E-state index is 12.3. The predicted octanol–water partition coefficient (Wildman–Crippen LogP) is 1.47. The number of alkyl halides is 1. The summed E-state index contributed by atoms with van der Waals surface area (Å²) in [6, 6.07) is 9.23. The molecule has 1 saturated heterocycles. The van der Waals surface area contributed by atoms with E-state index in [2.05, 4.69) is 15.9 Å². The fraction of sp³-hybridized carbons (Fsp3) is 0.526. The summed E-state index contributed by atoms with van der Waals surface area (Å²) in [5.41, 5.74) is -4.51. The summed E-state index contributed by atoms with van der Waals surface area (Å²) < 4.78 is 16.3. The molecule has 0 aliphatic carbocycles. The second-order valence-electron chi connectivity index (χ2n) is 6.67. The Hall–Kier alpha value is -1.17. The molecule has 1 aromatic carbocycles. The number of carbonyl (C=O) groups excluding carboxylic acids is 3. The van der Waals surface area contributed by atoms with Gasteiger partial charge in [0, 0.05) is 6.92 Å². The van der Waals surface area contributed by atoms with Crippen LogP contribution in [0.5, 0.6) is 0 Å². The van der Waals surface area contributed by atoms with E-state index in [1.807, 2.05) is 30.3 Å². The molecule has 2 N–H and O–H groups in total. The van der Waals surface area contributed by atoms with E-state index in [4.69, 9.17) is 14.2 Å². The van der Waals surface area contributed by atoms with Gasteiger partial charge >= 0.3 is 5.97 Å². The number of ether oxygens (including phenoxy) is 3. The van der Waals surface area contributed by atoms with Gasteiger partial charge in [-0.05, 0) is 19.4 Å². The Morgan fingerprint density at radius 2 is 1.62 bits per heavy atom. The minimum atomic E-state index is -2.72. The number of aliphatic hydroxyl groups is 2. The third kappa shape index (κ3) is 4.95. The summed E-state index contributed by atoms with van der Waals surface area (Å²) in [7, 11) is 0. The number of carbonyl (C=O) groups is 3. The Kier molecular flexibility index (Phi) is 9.12. The van der Waals surface area contributed by atoms with E-state index in [0.717, 1.165) is 26.3 Å². The molecular weight excluding hydrogens is 516 g/mol. The van der Waals surface area contributed by atoms with E-state index in [9.17, 15) is 24.6 Å². The van der Waals surface area contributed by atoms with E-state index in [0.29, 0.717) is 0 Å². The predicted molar refractivity (Wildman–Crippen MR) is 111 cm³/mol. The molecule has 1 heterocycles. The Morgan fingerprint density at radius 3 is 2.10 bits per heavy atom. The Balaban J connectivity index is 0.00000420. The molecule has 0 unspecified atom stereocenters. The maximum atomic E-state index is 12.3. The van der Waals surface area contributed by atoms with Gasteiger partial charge in [-0.15, -0.1) is 17.0 Å². The third-order valence-electron chi connectivity index (χ3n) is 4.71. The first kappa shape index (κ1) is 25.9. The number of ketones is 2. The third-order valence-corrected chi connectivity index (χ3v) is 5.59. The second-order valence-corrected chi connectivity index (χ2v) is 7.50. The first-order valence-corrected chi connectivity index (χ1v) is 9.52. The van der Waals surface area contributed by atoms with Crippen molar-refractivity contribution in [1.29, 1.82) is 0 Å². The van der Waals surface area contributed by atoms with Crippen LogP contribution in [0.4, 0.5) is 0 Å². The number of hydrogen-bond donors (Lipinski definition) is 2. The zero-order chi connectivity index (χ0) is 21.1. The van der Waals surface area contributed by atoms with Gasteiger partial charge in [-0.2, -0.15) is 0 Å². The average molecular weight is 540 g/mol. The Morgan fingerprint density at radius 1 is 1.07 bits per heavy atom. The lowest BCUT2D eigenvalue weighted by Crippen LogP contribution is -2.78. The van der Waals surface area contributed by atoms with Crippen molar-refractivity contribution in [2.45, 2.75) is 55.8 Å². The smallest absolute Gasteiger partial charge is 0.303 e. The van der Waals surface area contributed by atoms with Crippen molar-refractivity contribution in [1.82, 2.24) is 0 Å². The van der Waals surface area contributed by atoms with Gasteiger partial charge in [-0.3, -0.25) is 14.4 Å². The molecular formula is C19H24Br2O8. The number of Topliss-reactive ketones (excluding diaryl/α,β-unsaturated/α-hetero) is 2. The quantitative estimate of drug-likeness (QED) is 0.395. The Bertz CT molecular complexity index is 743. The van der Waals surface area contributed by atoms with Crippen molar-refractivity contribution in [3.63, 3.8) is 0 Å². The van der Waals surface area contributed by atoms with Crippen molar-refractivity contribution < 1.29 is 38.8 Å². The summed E-state index contributed by atoms with van der Waals surface area (Å²) in [5, 5.41) is 20.6. The van der Waals surface area contributed by atoms with E-state index in [1.54, 1.807) is 0 Å². The fourth-order valence-corrected chi connectivity index (χ4v) is 4.16. The van der Waals surface area contributed by atoms with Crippen molar-refractivity contribution in [3.8, 4) is 0 Å². The highest BCUT2D eigenvalue weighted by Gasteiger charge is 2.71. The first-order chi connectivity index (χ1) is 13.0. The number of benzene rings is 1. The summed E-state index contributed by atoms with van der Waals surface area (Å²) in [6.07, 6.45) is -2.77. The van der Waals surface area contributed by atoms with Crippen molar-refractivity contribution in [2.24, 2.45) is 0 Å². The molecule has 1 fully saturated rings. The van der Waals surface area contributed by atoms with E-state index < -0.39 is 46.0 Å². The fourth-order valence-electron chi connectivity index (χ4n) is 3.21. The highest BCUT2D eigenvalue weighted by molar-refractivity contribution is 9.09. The molecule has 10 heteroatoms. The van der Waals surface area contributed by atoms with Crippen LogP contribution in [0.25, 0.3) is 0 Å². The highest BCUT2D eigenvalue weighted by atomic mass is 79.9. The molecule has 1 aromatic rings. The minimum Gasteiger partial charge on any atom is -0.456 e. The molecule has 0 spiro atoms. The zero-order valence-corrected chi connectivity index (χ0v) is 19.5. The van der Waals surface area contributed by atoms with Crippen LogP contribution in [0.1, 0.15) is 26.3 Å². The molecule has 0 radical (unpaired) electrons. The van der Waals surface area contributed by atoms with E-state index >= 15 is 0 Å². The van der Waals surface area contributed by atoms with Gasteiger partial charge < -0.3 is 24.4 Å². The lowest BCUT2D eigenvalue weighted by Gasteiger charge is -2.52. The molecule has 2 rings (SSSR count). The van der Waals surface area contributed by atoms with Gasteiger partial charge in [0.15, 0.2) is 28.3 Å². The molecule has 5 atom stereocenters. The van der Waals surface area contributed by atoms with Crippen LogP contribution in [0, 0.1) is 0 Å². The van der Waals surface area contributed by atoms with Gasteiger partial charge in [0.05, 0.1) is 13.2 Å². The highest BCUT2D eigenvalue weighted by Crippen LogP contribution is 2.43. The number of halogens is 2. The molecule has 0 bridgehead atoms. The van der Waals surface area contributed by atoms with Gasteiger partial charge in [-0.1, -0.05) is 46.3 Å². The largest absolute Gasteiger partial charge is 0.456 e. The van der Waals surface area contributed by atoms with Gasteiger partial charge in [0.25, 0.3) is 0 Å². The number of esters is 1. The molecule has 162 valence electrons.